The van der Waals surface area contributed by atoms with Gasteiger partial charge in [0.15, 0.2) is 0 Å². The zero-order valence-electron chi connectivity index (χ0n) is 12.6. The number of fused-ring (bicyclic) bond motifs is 1. The van der Waals surface area contributed by atoms with Crippen LogP contribution in [0.15, 0.2) is 23.0 Å². The van der Waals surface area contributed by atoms with Gasteiger partial charge < -0.3 is 9.97 Å². The molecule has 0 saturated heterocycles. The van der Waals surface area contributed by atoms with Crippen molar-refractivity contribution < 1.29 is 0 Å². The van der Waals surface area contributed by atoms with Crippen molar-refractivity contribution >= 4 is 27.0 Å². The summed E-state index contributed by atoms with van der Waals surface area (Å²) in [5.41, 5.74) is 3.17. The van der Waals surface area contributed by atoms with Crippen molar-refractivity contribution in [3.63, 3.8) is 0 Å². The molecule has 2 atom stereocenters. The minimum Gasteiger partial charge on any atom is -0.306 e. The number of halogens is 1. The van der Waals surface area contributed by atoms with Crippen LogP contribution in [0.2, 0.25) is 0 Å². The van der Waals surface area contributed by atoms with Gasteiger partial charge in [0, 0.05) is 4.83 Å². The third kappa shape index (κ3) is 3.98. The zero-order valence-corrected chi connectivity index (χ0v) is 14.2. The van der Waals surface area contributed by atoms with E-state index in [1.165, 1.54) is 12.0 Å². The lowest BCUT2D eigenvalue weighted by Crippen LogP contribution is -2.12. The molecule has 0 aliphatic carbocycles. The van der Waals surface area contributed by atoms with Gasteiger partial charge in [-0.1, -0.05) is 49.7 Å². The second-order valence-electron chi connectivity index (χ2n) is 6.96. The number of aromatic amines is 2. The van der Waals surface area contributed by atoms with Gasteiger partial charge >= 0.3 is 5.69 Å². The molecule has 0 saturated carbocycles. The first-order valence-electron chi connectivity index (χ1n) is 7.10. The predicted octanol–water partition coefficient (Wildman–Crippen LogP) is 4.75. The summed E-state index contributed by atoms with van der Waals surface area (Å²) in [4.78, 5) is 17.2. The Bertz CT molecular complexity index is 636. The van der Waals surface area contributed by atoms with E-state index in [0.717, 1.165) is 17.5 Å². The van der Waals surface area contributed by atoms with Crippen molar-refractivity contribution in [2.24, 2.45) is 11.3 Å². The highest BCUT2D eigenvalue weighted by Crippen LogP contribution is 2.35. The Morgan fingerprint density at radius 2 is 1.85 bits per heavy atom. The fourth-order valence-corrected chi connectivity index (χ4v) is 3.79. The van der Waals surface area contributed by atoms with Gasteiger partial charge in [-0.3, -0.25) is 0 Å². The molecule has 0 aliphatic heterocycles. The normalized spacial score (nSPS) is 15.4. The van der Waals surface area contributed by atoms with Crippen LogP contribution in [-0.4, -0.2) is 9.97 Å². The van der Waals surface area contributed by atoms with Crippen LogP contribution >= 0.6 is 15.9 Å². The SMILES string of the molecule is CC(CC(Br)c1ccc2[nH]c(=O)[nH]c2c1)CC(C)(C)C. The minimum absolute atomic E-state index is 0.149. The molecule has 20 heavy (non-hydrogen) atoms. The summed E-state index contributed by atoms with van der Waals surface area (Å²) in [6.45, 7) is 9.15. The summed E-state index contributed by atoms with van der Waals surface area (Å²) < 4.78 is 0. The smallest absolute Gasteiger partial charge is 0.306 e. The van der Waals surface area contributed by atoms with E-state index in [1.54, 1.807) is 0 Å². The summed E-state index contributed by atoms with van der Waals surface area (Å²) in [5.74, 6) is 0.653. The Labute approximate surface area is 128 Å². The van der Waals surface area contributed by atoms with Gasteiger partial charge in [0.05, 0.1) is 11.0 Å². The Balaban J connectivity index is 2.10. The Morgan fingerprint density at radius 1 is 1.20 bits per heavy atom. The number of imidazole rings is 1. The Hall–Kier alpha value is -1.03. The van der Waals surface area contributed by atoms with E-state index in [-0.39, 0.29) is 5.69 Å². The van der Waals surface area contributed by atoms with E-state index in [0.29, 0.717) is 16.2 Å². The zero-order chi connectivity index (χ0) is 14.9. The largest absolute Gasteiger partial charge is 0.323 e. The molecule has 1 heterocycles. The Morgan fingerprint density at radius 3 is 2.50 bits per heavy atom. The van der Waals surface area contributed by atoms with Gasteiger partial charge in [0.1, 0.15) is 0 Å². The van der Waals surface area contributed by atoms with Crippen LogP contribution in [0.5, 0.6) is 0 Å². The molecule has 1 aromatic carbocycles. The highest BCUT2D eigenvalue weighted by atomic mass is 79.9. The first kappa shape index (κ1) is 15.4. The third-order valence-corrected chi connectivity index (χ3v) is 4.37. The molecule has 2 N–H and O–H groups in total. The van der Waals surface area contributed by atoms with Crippen LogP contribution in [0, 0.1) is 11.3 Å². The van der Waals surface area contributed by atoms with Gasteiger partial charge in [-0.25, -0.2) is 4.79 Å². The second kappa shape index (κ2) is 5.76. The van der Waals surface area contributed by atoms with Crippen LogP contribution in [0.3, 0.4) is 0 Å². The number of H-pyrrole nitrogens is 2. The van der Waals surface area contributed by atoms with Crippen molar-refractivity contribution in [1.82, 2.24) is 9.97 Å². The number of rotatable bonds is 4. The number of aromatic nitrogens is 2. The van der Waals surface area contributed by atoms with Crippen molar-refractivity contribution in [2.75, 3.05) is 0 Å². The lowest BCUT2D eigenvalue weighted by molar-refractivity contribution is 0.296. The van der Waals surface area contributed by atoms with E-state index in [9.17, 15) is 4.79 Å². The van der Waals surface area contributed by atoms with E-state index < -0.39 is 0 Å². The Kier molecular flexibility index (Phi) is 4.43. The number of benzene rings is 1. The van der Waals surface area contributed by atoms with Gasteiger partial charge in [0.2, 0.25) is 0 Å². The molecule has 1 aromatic heterocycles. The van der Waals surface area contributed by atoms with Crippen LogP contribution in [-0.2, 0) is 0 Å². The fourth-order valence-electron chi connectivity index (χ4n) is 2.86. The fraction of sp³-hybridized carbons (Fsp3) is 0.562. The van der Waals surface area contributed by atoms with Gasteiger partial charge in [-0.15, -0.1) is 0 Å². The molecule has 110 valence electrons. The lowest BCUT2D eigenvalue weighted by atomic mass is 9.83. The minimum atomic E-state index is -0.149. The molecule has 0 radical (unpaired) electrons. The summed E-state index contributed by atoms with van der Waals surface area (Å²) in [5, 5.41) is 0. The van der Waals surface area contributed by atoms with Crippen LogP contribution in [0.4, 0.5) is 0 Å². The van der Waals surface area contributed by atoms with E-state index in [4.69, 9.17) is 0 Å². The molecule has 0 fully saturated rings. The molecule has 0 spiro atoms. The van der Waals surface area contributed by atoms with Crippen molar-refractivity contribution in [2.45, 2.75) is 45.4 Å². The molecule has 4 heteroatoms. The highest BCUT2D eigenvalue weighted by molar-refractivity contribution is 9.09. The first-order valence-corrected chi connectivity index (χ1v) is 8.02. The van der Waals surface area contributed by atoms with Crippen LogP contribution in [0.25, 0.3) is 11.0 Å². The van der Waals surface area contributed by atoms with E-state index in [1.807, 2.05) is 6.07 Å². The summed E-state index contributed by atoms with van der Waals surface area (Å²) in [6, 6.07) is 6.09. The number of hydrogen-bond acceptors (Lipinski definition) is 1. The summed E-state index contributed by atoms with van der Waals surface area (Å²) in [6.07, 6.45) is 2.30. The van der Waals surface area contributed by atoms with Crippen molar-refractivity contribution in [1.29, 1.82) is 0 Å². The monoisotopic (exact) mass is 338 g/mol. The first-order chi connectivity index (χ1) is 9.24. The molecular weight excluding hydrogens is 316 g/mol. The van der Waals surface area contributed by atoms with Gasteiger partial charge in [-0.2, -0.15) is 0 Å². The number of hydrogen-bond donors (Lipinski definition) is 2. The number of alkyl halides is 1. The van der Waals surface area contributed by atoms with Crippen LogP contribution < -0.4 is 5.69 Å². The predicted molar refractivity (Wildman–Crippen MR) is 88.4 cm³/mol. The molecule has 2 unspecified atom stereocenters. The molecule has 0 bridgehead atoms. The summed E-state index contributed by atoms with van der Waals surface area (Å²) in [7, 11) is 0. The molecule has 2 rings (SSSR count). The highest BCUT2D eigenvalue weighted by Gasteiger charge is 2.19. The summed E-state index contributed by atoms with van der Waals surface area (Å²) >= 11 is 3.78. The molecule has 0 aliphatic rings. The van der Waals surface area contributed by atoms with Crippen molar-refractivity contribution in [3.8, 4) is 0 Å². The van der Waals surface area contributed by atoms with E-state index >= 15 is 0 Å². The van der Waals surface area contributed by atoms with Crippen LogP contribution in [0.1, 0.15) is 50.9 Å². The maximum absolute atomic E-state index is 11.3. The van der Waals surface area contributed by atoms with Crippen molar-refractivity contribution in [3.05, 3.63) is 34.2 Å². The average molecular weight is 339 g/mol. The maximum atomic E-state index is 11.3. The number of nitrogens with one attached hydrogen (secondary N) is 2. The van der Waals surface area contributed by atoms with Gasteiger partial charge in [-0.05, 0) is 41.9 Å². The average Bonchev–Trinajstić information content (AvgIpc) is 2.64. The molecule has 2 aromatic rings. The van der Waals surface area contributed by atoms with E-state index in [2.05, 4.69) is 65.7 Å². The second-order valence-corrected chi connectivity index (χ2v) is 8.06. The quantitative estimate of drug-likeness (QED) is 0.776. The molecular formula is C16H23BrN2O. The molecule has 0 amide bonds. The standard InChI is InChI=1S/C16H23BrN2O/c1-10(9-16(2,3)4)7-12(17)11-5-6-13-14(8-11)19-15(20)18-13/h5-6,8,10,12H,7,9H2,1-4H3,(H2,18,19,20). The van der Waals surface area contributed by atoms with Gasteiger partial charge in [0.25, 0.3) is 0 Å². The molecule has 3 nitrogen and oxygen atoms in total. The lowest BCUT2D eigenvalue weighted by Gasteiger charge is -2.25. The maximum Gasteiger partial charge on any atom is 0.323 e. The third-order valence-electron chi connectivity index (χ3n) is 3.47. The topological polar surface area (TPSA) is 48.6 Å².